The van der Waals surface area contributed by atoms with Crippen molar-refractivity contribution in [1.82, 2.24) is 4.90 Å². The molecule has 0 bridgehead atoms. The van der Waals surface area contributed by atoms with Crippen LogP contribution in [0.4, 0.5) is 0 Å². The molecular weight excluding hydrogens is 188 g/mol. The summed E-state index contributed by atoms with van der Waals surface area (Å²) < 4.78 is 0. The number of nitrogens with zero attached hydrogens (tertiary/aromatic N) is 1. The van der Waals surface area contributed by atoms with Crippen molar-refractivity contribution in [1.29, 1.82) is 0 Å². The Morgan fingerprint density at radius 1 is 1.27 bits per heavy atom. The highest BCUT2D eigenvalue weighted by molar-refractivity contribution is 4.79. The van der Waals surface area contributed by atoms with Crippen LogP contribution >= 0.6 is 0 Å². The van der Waals surface area contributed by atoms with Gasteiger partial charge in [0.2, 0.25) is 0 Å². The van der Waals surface area contributed by atoms with E-state index in [9.17, 15) is 0 Å². The number of rotatable bonds is 6. The molecule has 3 N–H and O–H groups in total. The van der Waals surface area contributed by atoms with E-state index in [1.807, 2.05) is 0 Å². The molecule has 0 saturated carbocycles. The monoisotopic (exact) mass is 214 g/mol. The molecule has 15 heavy (non-hydrogen) atoms. The first-order valence-corrected chi connectivity index (χ1v) is 6.33. The third kappa shape index (κ3) is 4.96. The lowest BCUT2D eigenvalue weighted by molar-refractivity contribution is 0.161. The Bertz CT molecular complexity index is 164. The highest BCUT2D eigenvalue weighted by Crippen LogP contribution is 2.15. The van der Waals surface area contributed by atoms with E-state index in [0.29, 0.717) is 18.6 Å². The van der Waals surface area contributed by atoms with Gasteiger partial charge in [-0.05, 0) is 38.3 Å². The van der Waals surface area contributed by atoms with Crippen LogP contribution in [-0.2, 0) is 0 Å². The van der Waals surface area contributed by atoms with Crippen molar-refractivity contribution >= 4 is 0 Å². The SMILES string of the molecule is CC1CN(CCCCCCO)CCC1N. The van der Waals surface area contributed by atoms with E-state index in [-0.39, 0.29) is 0 Å². The fourth-order valence-corrected chi connectivity index (χ4v) is 2.25. The largest absolute Gasteiger partial charge is 0.396 e. The lowest BCUT2D eigenvalue weighted by Crippen LogP contribution is -2.46. The van der Waals surface area contributed by atoms with Crippen molar-refractivity contribution in [2.24, 2.45) is 11.7 Å². The molecule has 1 rings (SSSR count). The van der Waals surface area contributed by atoms with E-state index in [0.717, 1.165) is 12.8 Å². The second-order valence-electron chi connectivity index (χ2n) is 4.87. The molecule has 0 radical (unpaired) electrons. The molecule has 0 amide bonds. The van der Waals surface area contributed by atoms with Gasteiger partial charge < -0.3 is 15.7 Å². The Morgan fingerprint density at radius 3 is 2.67 bits per heavy atom. The summed E-state index contributed by atoms with van der Waals surface area (Å²) in [4.78, 5) is 2.53. The molecular formula is C12H26N2O. The van der Waals surface area contributed by atoms with Gasteiger partial charge in [0.1, 0.15) is 0 Å². The molecule has 1 fully saturated rings. The first-order chi connectivity index (χ1) is 7.24. The van der Waals surface area contributed by atoms with Gasteiger partial charge in [-0.1, -0.05) is 19.8 Å². The van der Waals surface area contributed by atoms with Crippen LogP contribution < -0.4 is 5.73 Å². The predicted molar refractivity (Wildman–Crippen MR) is 63.8 cm³/mol. The number of hydrogen-bond donors (Lipinski definition) is 2. The van der Waals surface area contributed by atoms with Gasteiger partial charge in [0.05, 0.1) is 0 Å². The minimum Gasteiger partial charge on any atom is -0.396 e. The maximum absolute atomic E-state index is 8.65. The summed E-state index contributed by atoms with van der Waals surface area (Å²) in [5.74, 6) is 0.649. The lowest BCUT2D eigenvalue weighted by Gasteiger charge is -2.35. The molecule has 90 valence electrons. The van der Waals surface area contributed by atoms with Crippen LogP contribution in [0.5, 0.6) is 0 Å². The first-order valence-electron chi connectivity index (χ1n) is 6.33. The Hall–Kier alpha value is -0.120. The number of nitrogens with two attached hydrogens (primary N) is 1. The number of hydrogen-bond acceptors (Lipinski definition) is 3. The van der Waals surface area contributed by atoms with Crippen molar-refractivity contribution in [2.75, 3.05) is 26.2 Å². The summed E-state index contributed by atoms with van der Waals surface area (Å²) in [6.07, 6.45) is 5.79. The highest BCUT2D eigenvalue weighted by Gasteiger charge is 2.22. The van der Waals surface area contributed by atoms with Crippen LogP contribution in [0.3, 0.4) is 0 Å². The van der Waals surface area contributed by atoms with Gasteiger partial charge in [-0.25, -0.2) is 0 Å². The Kier molecular flexibility index (Phi) is 6.22. The van der Waals surface area contributed by atoms with Crippen molar-refractivity contribution in [3.05, 3.63) is 0 Å². The van der Waals surface area contributed by atoms with E-state index in [4.69, 9.17) is 10.8 Å². The maximum Gasteiger partial charge on any atom is 0.0431 e. The number of aliphatic hydroxyl groups excluding tert-OH is 1. The molecule has 1 saturated heterocycles. The first kappa shape index (κ1) is 12.9. The number of aliphatic hydroxyl groups is 1. The third-order valence-electron chi connectivity index (χ3n) is 3.44. The van der Waals surface area contributed by atoms with Crippen LogP contribution in [0.15, 0.2) is 0 Å². The zero-order valence-corrected chi connectivity index (χ0v) is 9.99. The van der Waals surface area contributed by atoms with Crippen molar-refractivity contribution in [2.45, 2.75) is 45.1 Å². The molecule has 0 aliphatic carbocycles. The minimum absolute atomic E-state index is 0.343. The van der Waals surface area contributed by atoms with E-state index in [1.54, 1.807) is 0 Å². The van der Waals surface area contributed by atoms with E-state index < -0.39 is 0 Å². The van der Waals surface area contributed by atoms with Gasteiger partial charge in [0.25, 0.3) is 0 Å². The third-order valence-corrected chi connectivity index (χ3v) is 3.44. The molecule has 3 nitrogen and oxygen atoms in total. The molecule has 0 aromatic carbocycles. The molecule has 1 aliphatic heterocycles. The fourth-order valence-electron chi connectivity index (χ4n) is 2.25. The topological polar surface area (TPSA) is 49.5 Å². The second kappa shape index (κ2) is 7.20. The molecule has 1 heterocycles. The van der Waals surface area contributed by atoms with Gasteiger partial charge >= 0.3 is 0 Å². The highest BCUT2D eigenvalue weighted by atomic mass is 16.2. The Labute approximate surface area is 93.6 Å². The van der Waals surface area contributed by atoms with Crippen molar-refractivity contribution < 1.29 is 5.11 Å². The molecule has 1 aliphatic rings. The van der Waals surface area contributed by atoms with Crippen LogP contribution in [0, 0.1) is 5.92 Å². The Balaban J connectivity index is 2.02. The van der Waals surface area contributed by atoms with Crippen molar-refractivity contribution in [3.63, 3.8) is 0 Å². The number of piperidine rings is 1. The Morgan fingerprint density at radius 2 is 2.00 bits per heavy atom. The minimum atomic E-state index is 0.343. The lowest BCUT2D eigenvalue weighted by atomic mass is 9.94. The number of unbranched alkanes of at least 4 members (excludes halogenated alkanes) is 3. The zero-order valence-electron chi connectivity index (χ0n) is 9.99. The molecule has 0 spiro atoms. The molecule has 3 heteroatoms. The van der Waals surface area contributed by atoms with E-state index >= 15 is 0 Å². The summed E-state index contributed by atoms with van der Waals surface area (Å²) in [6.45, 7) is 6.15. The molecule has 2 unspecified atom stereocenters. The van der Waals surface area contributed by atoms with Gasteiger partial charge in [-0.3, -0.25) is 0 Å². The molecule has 2 atom stereocenters. The average Bonchev–Trinajstić information content (AvgIpc) is 2.23. The van der Waals surface area contributed by atoms with Gasteiger partial charge in [0.15, 0.2) is 0 Å². The number of likely N-dealkylation sites (tertiary alicyclic amines) is 1. The standard InChI is InChI=1S/C12H26N2O/c1-11-10-14(8-6-12(11)13)7-4-2-3-5-9-15/h11-12,15H,2-10,13H2,1H3. The summed E-state index contributed by atoms with van der Waals surface area (Å²) >= 11 is 0. The van der Waals surface area contributed by atoms with E-state index in [2.05, 4.69) is 11.8 Å². The van der Waals surface area contributed by atoms with Gasteiger partial charge in [-0.2, -0.15) is 0 Å². The quantitative estimate of drug-likeness (QED) is 0.653. The maximum atomic E-state index is 8.65. The van der Waals surface area contributed by atoms with Crippen LogP contribution in [0.25, 0.3) is 0 Å². The van der Waals surface area contributed by atoms with E-state index in [1.165, 1.54) is 38.9 Å². The van der Waals surface area contributed by atoms with Crippen LogP contribution in [0.2, 0.25) is 0 Å². The normalized spacial score (nSPS) is 28.2. The zero-order chi connectivity index (χ0) is 11.1. The summed E-state index contributed by atoms with van der Waals surface area (Å²) in [7, 11) is 0. The van der Waals surface area contributed by atoms with Gasteiger partial charge in [-0.15, -0.1) is 0 Å². The average molecular weight is 214 g/mol. The van der Waals surface area contributed by atoms with Crippen molar-refractivity contribution in [3.8, 4) is 0 Å². The van der Waals surface area contributed by atoms with Gasteiger partial charge in [0, 0.05) is 19.2 Å². The molecule has 0 aromatic rings. The fraction of sp³-hybridized carbons (Fsp3) is 1.00. The second-order valence-corrected chi connectivity index (χ2v) is 4.87. The smallest absolute Gasteiger partial charge is 0.0431 e. The molecule has 0 aromatic heterocycles. The summed E-state index contributed by atoms with van der Waals surface area (Å²) in [6, 6.07) is 0.413. The van der Waals surface area contributed by atoms with Crippen LogP contribution in [0.1, 0.15) is 39.0 Å². The van der Waals surface area contributed by atoms with Crippen LogP contribution in [-0.4, -0.2) is 42.3 Å². The summed E-state index contributed by atoms with van der Waals surface area (Å²) in [5, 5.41) is 8.65. The summed E-state index contributed by atoms with van der Waals surface area (Å²) in [5.41, 5.74) is 5.98. The predicted octanol–water partition coefficient (Wildman–Crippen LogP) is 1.21.